The lowest BCUT2D eigenvalue weighted by atomic mass is 10.1. The van der Waals surface area contributed by atoms with E-state index in [-0.39, 0.29) is 12.2 Å². The van der Waals surface area contributed by atoms with E-state index in [0.29, 0.717) is 11.9 Å². The highest BCUT2D eigenvalue weighted by Gasteiger charge is 2.45. The molecule has 3 rings (SSSR count). The van der Waals surface area contributed by atoms with Gasteiger partial charge in [-0.1, -0.05) is 26.7 Å². The fraction of sp³-hybridized carbons (Fsp3) is 0.938. The Bertz CT molecular complexity index is 356. The Hall–Kier alpha value is -0.610. The molecule has 0 bridgehead atoms. The van der Waals surface area contributed by atoms with Gasteiger partial charge in [-0.25, -0.2) is 0 Å². The molecule has 0 spiro atoms. The molecule has 1 amide bonds. The Morgan fingerprint density at radius 3 is 2.50 bits per heavy atom. The van der Waals surface area contributed by atoms with Crippen LogP contribution < -0.4 is 5.32 Å². The third-order valence-electron chi connectivity index (χ3n) is 5.07. The van der Waals surface area contributed by atoms with Gasteiger partial charge in [0.1, 0.15) is 0 Å². The van der Waals surface area contributed by atoms with Crippen molar-refractivity contribution in [1.29, 1.82) is 0 Å². The van der Waals surface area contributed by atoms with Crippen molar-refractivity contribution in [3.8, 4) is 0 Å². The molecule has 0 aromatic rings. The largest absolute Gasteiger partial charge is 0.321 e. The van der Waals surface area contributed by atoms with Crippen LogP contribution in [0.5, 0.6) is 0 Å². The second-order valence-electron chi connectivity index (χ2n) is 6.73. The maximum atomic E-state index is 12.7. The van der Waals surface area contributed by atoms with Gasteiger partial charge in [-0.05, 0) is 32.1 Å². The van der Waals surface area contributed by atoms with E-state index in [4.69, 9.17) is 0 Å². The van der Waals surface area contributed by atoms with Gasteiger partial charge in [0.05, 0.1) is 12.2 Å². The molecule has 2 saturated heterocycles. The van der Waals surface area contributed by atoms with Crippen LogP contribution in [0, 0.1) is 0 Å². The van der Waals surface area contributed by atoms with Crippen molar-refractivity contribution in [2.24, 2.45) is 0 Å². The molecule has 0 aromatic carbocycles. The fourth-order valence-electron chi connectivity index (χ4n) is 3.91. The van der Waals surface area contributed by atoms with Gasteiger partial charge in [-0.2, -0.15) is 0 Å². The van der Waals surface area contributed by atoms with Crippen LogP contribution in [0.1, 0.15) is 58.8 Å². The summed E-state index contributed by atoms with van der Waals surface area (Å²) in [5, 5.41) is 3.59. The molecule has 4 nitrogen and oxygen atoms in total. The Balaban J connectivity index is 1.66. The summed E-state index contributed by atoms with van der Waals surface area (Å²) in [5.74, 6) is 0.368. The first-order valence-electron chi connectivity index (χ1n) is 8.56. The van der Waals surface area contributed by atoms with Crippen LogP contribution >= 0.6 is 0 Å². The van der Waals surface area contributed by atoms with E-state index in [1.165, 1.54) is 25.8 Å². The number of carbonyl (C=O) groups excluding carboxylic acids is 1. The summed E-state index contributed by atoms with van der Waals surface area (Å²) in [6.45, 7) is 6.67. The van der Waals surface area contributed by atoms with E-state index in [0.717, 1.165) is 38.3 Å². The average molecular weight is 279 g/mol. The summed E-state index contributed by atoms with van der Waals surface area (Å²) in [5.41, 5.74) is 0. The van der Waals surface area contributed by atoms with Crippen molar-refractivity contribution < 1.29 is 4.79 Å². The van der Waals surface area contributed by atoms with Gasteiger partial charge < -0.3 is 4.90 Å². The maximum absolute atomic E-state index is 12.7. The summed E-state index contributed by atoms with van der Waals surface area (Å²) in [4.78, 5) is 17.5. The third-order valence-corrected chi connectivity index (χ3v) is 5.07. The topological polar surface area (TPSA) is 35.6 Å². The SMILES string of the molecule is CCCC1NC(CCC)N(C2CCN(C3CC3)C2)C1=O. The van der Waals surface area contributed by atoms with Crippen molar-refractivity contribution in [2.75, 3.05) is 13.1 Å². The first-order chi connectivity index (χ1) is 9.74. The highest BCUT2D eigenvalue weighted by Crippen LogP contribution is 2.33. The Kier molecular flexibility index (Phi) is 4.32. The van der Waals surface area contributed by atoms with Crippen molar-refractivity contribution in [2.45, 2.75) is 83.1 Å². The third kappa shape index (κ3) is 2.73. The molecule has 0 radical (unpaired) electrons. The quantitative estimate of drug-likeness (QED) is 0.807. The summed E-state index contributed by atoms with van der Waals surface area (Å²) in [7, 11) is 0. The molecule has 1 aliphatic carbocycles. The molecule has 3 atom stereocenters. The number of nitrogens with one attached hydrogen (secondary N) is 1. The normalized spacial score (nSPS) is 35.2. The van der Waals surface area contributed by atoms with Gasteiger partial charge in [0.25, 0.3) is 0 Å². The fourth-order valence-corrected chi connectivity index (χ4v) is 3.91. The molecule has 3 unspecified atom stereocenters. The Morgan fingerprint density at radius 2 is 1.85 bits per heavy atom. The summed E-state index contributed by atoms with van der Waals surface area (Å²) in [6.07, 6.45) is 8.48. The molecule has 1 saturated carbocycles. The van der Waals surface area contributed by atoms with Gasteiger partial charge in [-0.3, -0.25) is 15.0 Å². The first-order valence-corrected chi connectivity index (χ1v) is 8.56. The summed E-state index contributed by atoms with van der Waals surface area (Å²) in [6, 6.07) is 1.36. The molecular weight excluding hydrogens is 250 g/mol. The monoisotopic (exact) mass is 279 g/mol. The van der Waals surface area contributed by atoms with Crippen molar-refractivity contribution in [1.82, 2.24) is 15.1 Å². The maximum Gasteiger partial charge on any atom is 0.241 e. The summed E-state index contributed by atoms with van der Waals surface area (Å²) >= 11 is 0. The molecule has 3 aliphatic rings. The van der Waals surface area contributed by atoms with Crippen LogP contribution in [-0.2, 0) is 4.79 Å². The minimum absolute atomic E-state index is 0.0755. The lowest BCUT2D eigenvalue weighted by Crippen LogP contribution is -2.46. The molecular formula is C16H29N3O. The zero-order valence-electron chi connectivity index (χ0n) is 13.0. The van der Waals surface area contributed by atoms with Crippen molar-refractivity contribution >= 4 is 5.91 Å². The van der Waals surface area contributed by atoms with Gasteiger partial charge in [0.15, 0.2) is 0 Å². The second kappa shape index (κ2) is 6.02. The van der Waals surface area contributed by atoms with Crippen LogP contribution in [0.3, 0.4) is 0 Å². The van der Waals surface area contributed by atoms with Crippen molar-refractivity contribution in [3.63, 3.8) is 0 Å². The summed E-state index contributed by atoms with van der Waals surface area (Å²) < 4.78 is 0. The van der Waals surface area contributed by atoms with E-state index >= 15 is 0 Å². The molecule has 2 heterocycles. The molecule has 114 valence electrons. The first kappa shape index (κ1) is 14.3. The van der Waals surface area contributed by atoms with E-state index in [2.05, 4.69) is 29.0 Å². The minimum Gasteiger partial charge on any atom is -0.321 e. The lowest BCUT2D eigenvalue weighted by Gasteiger charge is -2.30. The van der Waals surface area contributed by atoms with Crippen molar-refractivity contribution in [3.05, 3.63) is 0 Å². The van der Waals surface area contributed by atoms with Crippen LogP contribution in [0.15, 0.2) is 0 Å². The standard InChI is InChI=1S/C16H29N3O/c1-3-5-14-16(20)19(15(17-14)6-4-2)13-9-10-18(11-13)12-7-8-12/h12-15,17H,3-11H2,1-2H3. The molecule has 0 aromatic heterocycles. The van der Waals surface area contributed by atoms with Crippen LogP contribution in [0.4, 0.5) is 0 Å². The van der Waals surface area contributed by atoms with Crippen LogP contribution in [0.25, 0.3) is 0 Å². The molecule has 3 fully saturated rings. The molecule has 2 aliphatic heterocycles. The van der Waals surface area contributed by atoms with Gasteiger partial charge in [-0.15, -0.1) is 0 Å². The van der Waals surface area contributed by atoms with Gasteiger partial charge in [0, 0.05) is 25.2 Å². The highest BCUT2D eigenvalue weighted by molar-refractivity contribution is 5.84. The van der Waals surface area contributed by atoms with Gasteiger partial charge >= 0.3 is 0 Å². The molecule has 20 heavy (non-hydrogen) atoms. The lowest BCUT2D eigenvalue weighted by molar-refractivity contribution is -0.132. The predicted molar refractivity (Wildman–Crippen MR) is 80.4 cm³/mol. The number of nitrogens with zero attached hydrogens (tertiary/aromatic N) is 2. The van der Waals surface area contributed by atoms with Gasteiger partial charge in [0.2, 0.25) is 5.91 Å². The van der Waals surface area contributed by atoms with Crippen LogP contribution in [0.2, 0.25) is 0 Å². The number of carbonyl (C=O) groups is 1. The molecule has 4 heteroatoms. The number of hydrogen-bond donors (Lipinski definition) is 1. The van der Waals surface area contributed by atoms with E-state index in [1.54, 1.807) is 0 Å². The number of amides is 1. The number of rotatable bonds is 6. The van der Waals surface area contributed by atoms with Crippen LogP contribution in [-0.4, -0.2) is 53.1 Å². The predicted octanol–water partition coefficient (Wildman–Crippen LogP) is 1.95. The second-order valence-corrected chi connectivity index (χ2v) is 6.73. The molecule has 1 N–H and O–H groups in total. The zero-order valence-corrected chi connectivity index (χ0v) is 13.0. The van der Waals surface area contributed by atoms with E-state index in [9.17, 15) is 4.79 Å². The Morgan fingerprint density at radius 1 is 1.10 bits per heavy atom. The Labute approximate surface area is 122 Å². The van der Waals surface area contributed by atoms with E-state index < -0.39 is 0 Å². The minimum atomic E-state index is 0.0755. The number of hydrogen-bond acceptors (Lipinski definition) is 3. The highest BCUT2D eigenvalue weighted by atomic mass is 16.2. The number of likely N-dealkylation sites (tertiary alicyclic amines) is 1. The smallest absolute Gasteiger partial charge is 0.241 e. The zero-order chi connectivity index (χ0) is 14.1. The average Bonchev–Trinajstić information content (AvgIpc) is 3.10. The van der Waals surface area contributed by atoms with E-state index in [1.807, 2.05) is 0 Å².